The summed E-state index contributed by atoms with van der Waals surface area (Å²) in [6.45, 7) is 0. The van der Waals surface area contributed by atoms with Crippen molar-refractivity contribution in [3.63, 3.8) is 0 Å². The van der Waals surface area contributed by atoms with E-state index in [1.165, 1.54) is 11.3 Å². The molecule has 4 aromatic rings. The van der Waals surface area contributed by atoms with E-state index in [9.17, 15) is 4.79 Å². The van der Waals surface area contributed by atoms with Crippen molar-refractivity contribution >= 4 is 45.2 Å². The zero-order valence-corrected chi connectivity index (χ0v) is 16.0. The van der Waals surface area contributed by atoms with Crippen LogP contribution >= 0.6 is 23.1 Å². The largest absolute Gasteiger partial charge is 0.341 e. The Labute approximate surface area is 164 Å². The molecule has 2 aromatic carbocycles. The van der Waals surface area contributed by atoms with E-state index in [0.29, 0.717) is 23.7 Å². The molecule has 0 unspecified atom stereocenters. The van der Waals surface area contributed by atoms with Crippen LogP contribution in [0.25, 0.3) is 11.0 Å². The van der Waals surface area contributed by atoms with Crippen LogP contribution in [0.2, 0.25) is 0 Å². The molecule has 136 valence electrons. The number of carbonyl (C=O) groups excluding carboxylic acids is 1. The van der Waals surface area contributed by atoms with Crippen molar-refractivity contribution in [1.82, 2.24) is 20.2 Å². The first-order valence-corrected chi connectivity index (χ1v) is 10.3. The van der Waals surface area contributed by atoms with Crippen LogP contribution in [0, 0.1) is 0 Å². The predicted octanol–water partition coefficient (Wildman–Crippen LogP) is 4.28. The lowest BCUT2D eigenvalue weighted by atomic mass is 10.1. The molecule has 1 amide bonds. The molecule has 6 nitrogen and oxygen atoms in total. The number of nitrogens with zero attached hydrogens (tertiary/aromatic N) is 3. The van der Waals surface area contributed by atoms with Gasteiger partial charge in [0.05, 0.1) is 16.8 Å². The van der Waals surface area contributed by atoms with E-state index in [2.05, 4.69) is 25.5 Å². The van der Waals surface area contributed by atoms with E-state index in [-0.39, 0.29) is 5.91 Å². The lowest BCUT2D eigenvalue weighted by molar-refractivity contribution is -0.116. The van der Waals surface area contributed by atoms with Crippen LogP contribution in [0.4, 0.5) is 5.13 Å². The fourth-order valence-corrected chi connectivity index (χ4v) is 4.25. The molecule has 27 heavy (non-hydrogen) atoms. The zero-order valence-electron chi connectivity index (χ0n) is 14.4. The Bertz CT molecular complexity index is 1010. The topological polar surface area (TPSA) is 83.6 Å². The summed E-state index contributed by atoms with van der Waals surface area (Å²) in [7, 11) is 0. The van der Waals surface area contributed by atoms with Gasteiger partial charge < -0.3 is 10.3 Å². The van der Waals surface area contributed by atoms with Crippen LogP contribution in [0.5, 0.6) is 0 Å². The molecular weight excluding hydrogens is 378 g/mol. The molecule has 8 heteroatoms. The molecule has 0 saturated heterocycles. The first-order valence-electron chi connectivity index (χ1n) is 8.50. The van der Waals surface area contributed by atoms with Gasteiger partial charge in [-0.1, -0.05) is 65.6 Å². The highest BCUT2D eigenvalue weighted by molar-refractivity contribution is 8.00. The van der Waals surface area contributed by atoms with Crippen LogP contribution in [0.15, 0.2) is 58.9 Å². The molecule has 0 fully saturated rings. The number of nitrogens with one attached hydrogen (secondary N) is 2. The molecule has 0 aliphatic heterocycles. The van der Waals surface area contributed by atoms with Gasteiger partial charge in [-0.25, -0.2) is 4.98 Å². The third-order valence-electron chi connectivity index (χ3n) is 3.91. The number of para-hydroxylation sites is 2. The molecule has 0 saturated carbocycles. The summed E-state index contributed by atoms with van der Waals surface area (Å²) < 4.78 is 0.800. The molecule has 2 heterocycles. The summed E-state index contributed by atoms with van der Waals surface area (Å²) in [5.41, 5.74) is 3.13. The molecule has 4 rings (SSSR count). The molecule has 0 bridgehead atoms. The number of anilines is 1. The number of hydrogen-bond acceptors (Lipinski definition) is 6. The number of fused-ring (bicyclic) bond motifs is 1. The maximum Gasteiger partial charge on any atom is 0.226 e. The second kappa shape index (κ2) is 8.32. The normalized spacial score (nSPS) is 11.0. The van der Waals surface area contributed by atoms with Crippen molar-refractivity contribution in [3.05, 3.63) is 66.0 Å². The highest BCUT2D eigenvalue weighted by atomic mass is 32.2. The number of rotatable bonds is 7. The minimum absolute atomic E-state index is 0.0520. The average Bonchev–Trinajstić information content (AvgIpc) is 3.31. The van der Waals surface area contributed by atoms with Gasteiger partial charge in [0.2, 0.25) is 11.0 Å². The number of aryl methyl sites for hydroxylation is 1. The number of hydrogen-bond donors (Lipinski definition) is 2. The van der Waals surface area contributed by atoms with Gasteiger partial charge in [0.15, 0.2) is 4.34 Å². The maximum absolute atomic E-state index is 12.1. The Balaban J connectivity index is 1.28. The zero-order chi connectivity index (χ0) is 18.5. The predicted molar refractivity (Wildman–Crippen MR) is 109 cm³/mol. The summed E-state index contributed by atoms with van der Waals surface area (Å²) in [6, 6.07) is 17.9. The first-order chi connectivity index (χ1) is 13.3. The van der Waals surface area contributed by atoms with Crippen LogP contribution in [-0.2, 0) is 17.0 Å². The standard InChI is InChI=1S/C19H17N5OS2/c25-17(11-10-13-6-2-1-3-7-13)22-18-23-24-19(27-18)26-12-16-20-14-8-4-5-9-15(14)21-16/h1-9H,10-12H2,(H,20,21)(H,22,23,25). The summed E-state index contributed by atoms with van der Waals surface area (Å²) in [4.78, 5) is 19.9. The van der Waals surface area contributed by atoms with E-state index >= 15 is 0 Å². The van der Waals surface area contributed by atoms with Gasteiger partial charge in [-0.2, -0.15) is 0 Å². The minimum atomic E-state index is -0.0520. The van der Waals surface area contributed by atoms with E-state index in [0.717, 1.165) is 26.8 Å². The van der Waals surface area contributed by atoms with Crippen molar-refractivity contribution in [2.75, 3.05) is 5.32 Å². The fourth-order valence-electron chi connectivity index (χ4n) is 2.61. The lowest BCUT2D eigenvalue weighted by Gasteiger charge is -2.01. The number of thioether (sulfide) groups is 1. The highest BCUT2D eigenvalue weighted by Gasteiger charge is 2.10. The molecule has 0 aliphatic carbocycles. The van der Waals surface area contributed by atoms with Crippen molar-refractivity contribution in [2.24, 2.45) is 0 Å². The second-order valence-corrected chi connectivity index (χ2v) is 8.10. The quantitative estimate of drug-likeness (QED) is 0.360. The molecule has 0 radical (unpaired) electrons. The van der Waals surface area contributed by atoms with Gasteiger partial charge >= 0.3 is 0 Å². The number of H-pyrrole nitrogens is 1. The maximum atomic E-state index is 12.1. The summed E-state index contributed by atoms with van der Waals surface area (Å²) in [5, 5.41) is 11.5. The number of imidazole rings is 1. The van der Waals surface area contributed by atoms with E-state index in [4.69, 9.17) is 0 Å². The van der Waals surface area contributed by atoms with Crippen LogP contribution in [-0.4, -0.2) is 26.1 Å². The molecule has 0 atom stereocenters. The lowest BCUT2D eigenvalue weighted by Crippen LogP contribution is -2.12. The summed E-state index contributed by atoms with van der Waals surface area (Å²) in [5.74, 6) is 1.51. The van der Waals surface area contributed by atoms with Crippen molar-refractivity contribution in [1.29, 1.82) is 0 Å². The highest BCUT2D eigenvalue weighted by Crippen LogP contribution is 2.28. The SMILES string of the molecule is O=C(CCc1ccccc1)Nc1nnc(SCc2nc3ccccc3[nH]2)s1. The Morgan fingerprint density at radius 2 is 1.89 bits per heavy atom. The molecule has 2 aromatic heterocycles. The Morgan fingerprint density at radius 1 is 1.07 bits per heavy atom. The number of amides is 1. The summed E-state index contributed by atoms with van der Waals surface area (Å²) >= 11 is 2.92. The van der Waals surface area contributed by atoms with Crippen LogP contribution in [0.3, 0.4) is 0 Å². The first kappa shape index (κ1) is 17.7. The smallest absolute Gasteiger partial charge is 0.226 e. The van der Waals surface area contributed by atoms with E-state index in [1.807, 2.05) is 54.6 Å². The monoisotopic (exact) mass is 395 g/mol. The van der Waals surface area contributed by atoms with Crippen molar-refractivity contribution in [2.45, 2.75) is 22.9 Å². The molecule has 0 spiro atoms. The Kier molecular flexibility index (Phi) is 5.45. The number of aromatic nitrogens is 4. The van der Waals surface area contributed by atoms with Gasteiger partial charge in [0.1, 0.15) is 5.82 Å². The Morgan fingerprint density at radius 3 is 2.74 bits per heavy atom. The summed E-state index contributed by atoms with van der Waals surface area (Å²) in [6.07, 6.45) is 1.13. The number of carbonyl (C=O) groups is 1. The van der Waals surface area contributed by atoms with Gasteiger partial charge in [-0.3, -0.25) is 4.79 Å². The number of aromatic amines is 1. The van der Waals surface area contributed by atoms with Gasteiger partial charge in [0, 0.05) is 6.42 Å². The second-order valence-electron chi connectivity index (χ2n) is 5.90. The molecule has 2 N–H and O–H groups in total. The van der Waals surface area contributed by atoms with Gasteiger partial charge in [-0.15, -0.1) is 10.2 Å². The fraction of sp³-hybridized carbons (Fsp3) is 0.158. The van der Waals surface area contributed by atoms with Crippen molar-refractivity contribution < 1.29 is 4.79 Å². The average molecular weight is 396 g/mol. The van der Waals surface area contributed by atoms with Crippen LogP contribution in [0.1, 0.15) is 17.8 Å². The van der Waals surface area contributed by atoms with Gasteiger partial charge in [0.25, 0.3) is 0 Å². The van der Waals surface area contributed by atoms with E-state index in [1.54, 1.807) is 11.8 Å². The molecule has 0 aliphatic rings. The van der Waals surface area contributed by atoms with E-state index < -0.39 is 0 Å². The molecular formula is C19H17N5OS2. The van der Waals surface area contributed by atoms with Crippen molar-refractivity contribution in [3.8, 4) is 0 Å². The third-order valence-corrected chi connectivity index (χ3v) is 5.89. The Hall–Kier alpha value is -2.71. The third kappa shape index (κ3) is 4.72. The van der Waals surface area contributed by atoms with Gasteiger partial charge in [-0.05, 0) is 24.1 Å². The number of benzene rings is 2. The minimum Gasteiger partial charge on any atom is -0.341 e. The van der Waals surface area contributed by atoms with Crippen LogP contribution < -0.4 is 5.32 Å².